The SMILES string of the molecule is C/C=C(/C)C(=O)O[C@@H]1c2cc3c(c(OC)c2-c2c(cc(OC)c(OC)c2OC)C[C@@H](C)[C@H]1C)OCO3. The Morgan fingerprint density at radius 1 is 0.944 bits per heavy atom. The summed E-state index contributed by atoms with van der Waals surface area (Å²) in [7, 11) is 6.35. The fraction of sp³-hybridized carbons (Fsp3) is 0.464. The molecule has 0 bridgehead atoms. The smallest absolute Gasteiger partial charge is 0.333 e. The van der Waals surface area contributed by atoms with Crippen molar-refractivity contribution in [2.75, 3.05) is 35.2 Å². The standard InChI is InChI=1S/C28H34O8/c1-9-14(2)28(29)36-23-16(4)15(3)10-17-11-19(30-5)24(31-6)26(32-7)21(17)22-18(23)12-20-25(27(22)33-8)35-13-34-20/h9,11-12,15-16,23H,10,13H2,1-8H3/b14-9-/t15-,16-,23+/m1/s1. The molecule has 36 heavy (non-hydrogen) atoms. The molecular formula is C28H34O8. The zero-order valence-electron chi connectivity index (χ0n) is 22.1. The Bertz CT molecular complexity index is 1200. The molecule has 0 unspecified atom stereocenters. The predicted octanol–water partition coefficient (Wildman–Crippen LogP) is 5.50. The van der Waals surface area contributed by atoms with E-state index in [1.165, 1.54) is 0 Å². The molecule has 0 radical (unpaired) electrons. The molecule has 2 aromatic carbocycles. The van der Waals surface area contributed by atoms with Gasteiger partial charge in [-0.1, -0.05) is 19.9 Å². The van der Waals surface area contributed by atoms with E-state index in [1.807, 2.05) is 19.1 Å². The topological polar surface area (TPSA) is 81.7 Å². The lowest BCUT2D eigenvalue weighted by Crippen LogP contribution is -2.27. The quantitative estimate of drug-likeness (QED) is 0.382. The lowest BCUT2D eigenvalue weighted by molar-refractivity contribution is -0.148. The van der Waals surface area contributed by atoms with Crippen LogP contribution in [0.1, 0.15) is 44.9 Å². The van der Waals surface area contributed by atoms with Crippen LogP contribution in [0.15, 0.2) is 23.8 Å². The molecule has 2 aromatic rings. The summed E-state index contributed by atoms with van der Waals surface area (Å²) in [5.41, 5.74) is 3.78. The van der Waals surface area contributed by atoms with E-state index in [0.29, 0.717) is 52.1 Å². The van der Waals surface area contributed by atoms with Crippen LogP contribution in [-0.4, -0.2) is 41.2 Å². The van der Waals surface area contributed by atoms with Crippen LogP contribution in [0.3, 0.4) is 0 Å². The zero-order chi connectivity index (χ0) is 26.1. The Morgan fingerprint density at radius 2 is 1.64 bits per heavy atom. The number of esters is 1. The molecule has 0 amide bonds. The van der Waals surface area contributed by atoms with Gasteiger partial charge in [0.25, 0.3) is 0 Å². The second-order valence-electron chi connectivity index (χ2n) is 9.13. The molecule has 1 aliphatic carbocycles. The van der Waals surface area contributed by atoms with E-state index in [9.17, 15) is 4.79 Å². The number of fused-ring (bicyclic) bond motifs is 4. The molecular weight excluding hydrogens is 464 g/mol. The average Bonchev–Trinajstić information content (AvgIpc) is 3.36. The number of methoxy groups -OCH3 is 4. The van der Waals surface area contributed by atoms with Gasteiger partial charge in [-0.05, 0) is 43.9 Å². The largest absolute Gasteiger partial charge is 0.493 e. The Morgan fingerprint density at radius 3 is 2.25 bits per heavy atom. The number of carbonyl (C=O) groups is 1. The lowest BCUT2D eigenvalue weighted by atomic mass is 9.75. The summed E-state index contributed by atoms with van der Waals surface area (Å²) in [5, 5.41) is 0. The van der Waals surface area contributed by atoms with Gasteiger partial charge in [0.2, 0.25) is 18.3 Å². The van der Waals surface area contributed by atoms with Crippen molar-refractivity contribution in [3.63, 3.8) is 0 Å². The van der Waals surface area contributed by atoms with Crippen LogP contribution in [0.2, 0.25) is 0 Å². The number of carbonyl (C=O) groups excluding carboxylic acids is 1. The summed E-state index contributed by atoms with van der Waals surface area (Å²) < 4.78 is 41.0. The molecule has 0 saturated carbocycles. The first-order valence-electron chi connectivity index (χ1n) is 12.0. The minimum Gasteiger partial charge on any atom is -0.493 e. The minimum atomic E-state index is -0.577. The third kappa shape index (κ3) is 4.08. The van der Waals surface area contributed by atoms with Crippen LogP contribution in [0.4, 0.5) is 0 Å². The second kappa shape index (κ2) is 10.2. The molecule has 0 fully saturated rings. The van der Waals surface area contributed by atoms with Crippen molar-refractivity contribution in [1.29, 1.82) is 0 Å². The van der Waals surface area contributed by atoms with Crippen molar-refractivity contribution in [2.45, 2.75) is 40.2 Å². The molecule has 0 aromatic heterocycles. The molecule has 0 spiro atoms. The molecule has 1 heterocycles. The minimum absolute atomic E-state index is 0.0327. The number of hydrogen-bond donors (Lipinski definition) is 0. The first-order chi connectivity index (χ1) is 17.3. The Balaban J connectivity index is 2.12. The highest BCUT2D eigenvalue weighted by Crippen LogP contribution is 2.58. The number of rotatable bonds is 6. The third-order valence-electron chi connectivity index (χ3n) is 7.23. The van der Waals surface area contributed by atoms with Crippen LogP contribution in [0, 0.1) is 11.8 Å². The first kappa shape index (κ1) is 25.5. The number of hydrogen-bond acceptors (Lipinski definition) is 8. The molecule has 0 saturated heterocycles. The van der Waals surface area contributed by atoms with Gasteiger partial charge in [-0.3, -0.25) is 0 Å². The normalized spacial score (nSPS) is 20.4. The molecule has 8 nitrogen and oxygen atoms in total. The van der Waals surface area contributed by atoms with Crippen LogP contribution >= 0.6 is 0 Å². The maximum absolute atomic E-state index is 13.0. The van der Waals surface area contributed by atoms with E-state index in [4.69, 9.17) is 33.2 Å². The molecule has 2 aliphatic rings. The highest BCUT2D eigenvalue weighted by Gasteiger charge is 2.40. The van der Waals surface area contributed by atoms with E-state index in [-0.39, 0.29) is 24.6 Å². The lowest BCUT2D eigenvalue weighted by Gasteiger charge is -2.35. The van der Waals surface area contributed by atoms with E-state index in [0.717, 1.165) is 16.7 Å². The molecule has 4 rings (SSSR count). The summed E-state index contributed by atoms with van der Waals surface area (Å²) in [6.07, 6.45) is 1.85. The van der Waals surface area contributed by atoms with Gasteiger partial charge in [0, 0.05) is 28.2 Å². The van der Waals surface area contributed by atoms with Crippen molar-refractivity contribution in [2.24, 2.45) is 11.8 Å². The maximum atomic E-state index is 13.0. The van der Waals surface area contributed by atoms with Crippen molar-refractivity contribution in [1.82, 2.24) is 0 Å². The third-order valence-corrected chi connectivity index (χ3v) is 7.23. The van der Waals surface area contributed by atoms with Crippen molar-refractivity contribution >= 4 is 5.97 Å². The first-order valence-corrected chi connectivity index (χ1v) is 12.0. The second-order valence-corrected chi connectivity index (χ2v) is 9.13. The van der Waals surface area contributed by atoms with Gasteiger partial charge in [-0.2, -0.15) is 0 Å². The Labute approximate surface area is 212 Å². The van der Waals surface area contributed by atoms with Crippen LogP contribution < -0.4 is 28.4 Å². The number of allylic oxidation sites excluding steroid dienone is 1. The fourth-order valence-corrected chi connectivity index (χ4v) is 4.96. The van der Waals surface area contributed by atoms with Gasteiger partial charge in [0.05, 0.1) is 28.4 Å². The maximum Gasteiger partial charge on any atom is 0.333 e. The van der Waals surface area contributed by atoms with Crippen LogP contribution in [0.5, 0.6) is 34.5 Å². The molecule has 194 valence electrons. The summed E-state index contributed by atoms with van der Waals surface area (Å²) >= 11 is 0. The van der Waals surface area contributed by atoms with Gasteiger partial charge in [0.15, 0.2) is 23.0 Å². The van der Waals surface area contributed by atoms with Gasteiger partial charge < -0.3 is 33.2 Å². The summed E-state index contributed by atoms with van der Waals surface area (Å²) in [4.78, 5) is 13.0. The number of ether oxygens (including phenoxy) is 7. The predicted molar refractivity (Wildman–Crippen MR) is 135 cm³/mol. The molecule has 0 N–H and O–H groups in total. The van der Waals surface area contributed by atoms with Gasteiger partial charge in [-0.15, -0.1) is 0 Å². The van der Waals surface area contributed by atoms with Crippen molar-refractivity contribution in [3.8, 4) is 45.6 Å². The highest BCUT2D eigenvalue weighted by molar-refractivity contribution is 5.90. The molecule has 3 atom stereocenters. The monoisotopic (exact) mass is 498 g/mol. The van der Waals surface area contributed by atoms with E-state index >= 15 is 0 Å². The summed E-state index contributed by atoms with van der Waals surface area (Å²) in [5.74, 6) is 2.79. The van der Waals surface area contributed by atoms with Crippen LogP contribution in [0.25, 0.3) is 11.1 Å². The van der Waals surface area contributed by atoms with Gasteiger partial charge in [0.1, 0.15) is 6.10 Å². The van der Waals surface area contributed by atoms with Crippen molar-refractivity contribution < 1.29 is 38.0 Å². The molecule has 8 heteroatoms. The Kier molecular flexibility index (Phi) is 7.24. The summed E-state index contributed by atoms with van der Waals surface area (Å²) in [6, 6.07) is 3.86. The summed E-state index contributed by atoms with van der Waals surface area (Å²) in [6.45, 7) is 7.87. The zero-order valence-corrected chi connectivity index (χ0v) is 22.1. The van der Waals surface area contributed by atoms with E-state index < -0.39 is 6.10 Å². The Hall–Kier alpha value is -3.55. The van der Waals surface area contributed by atoms with Gasteiger partial charge >= 0.3 is 5.97 Å². The fourth-order valence-electron chi connectivity index (χ4n) is 4.96. The van der Waals surface area contributed by atoms with E-state index in [2.05, 4.69) is 13.8 Å². The van der Waals surface area contributed by atoms with E-state index in [1.54, 1.807) is 41.4 Å². The van der Waals surface area contributed by atoms with Crippen LogP contribution in [-0.2, 0) is 16.0 Å². The number of benzene rings is 2. The molecule has 1 aliphatic heterocycles. The van der Waals surface area contributed by atoms with Crippen molar-refractivity contribution in [3.05, 3.63) is 34.9 Å². The average molecular weight is 499 g/mol. The van der Waals surface area contributed by atoms with Gasteiger partial charge in [-0.25, -0.2) is 4.79 Å². The highest BCUT2D eigenvalue weighted by atomic mass is 16.7.